The van der Waals surface area contributed by atoms with Crippen molar-refractivity contribution < 1.29 is 35.2 Å². The van der Waals surface area contributed by atoms with Crippen LogP contribution in [-0.2, 0) is 8.85 Å². The fourth-order valence-corrected chi connectivity index (χ4v) is 5.90. The molecule has 29 heavy (non-hydrogen) atoms. The van der Waals surface area contributed by atoms with Crippen LogP contribution in [0, 0.1) is 0 Å². The molecule has 0 heterocycles. The van der Waals surface area contributed by atoms with E-state index in [0.717, 1.165) is 6.42 Å². The van der Waals surface area contributed by atoms with E-state index in [2.05, 4.69) is 0 Å². The normalized spacial score (nSPS) is 14.0. The Labute approximate surface area is 166 Å². The van der Waals surface area contributed by atoms with Crippen LogP contribution in [0.3, 0.4) is 0 Å². The van der Waals surface area contributed by atoms with Crippen molar-refractivity contribution in [2.24, 2.45) is 0 Å². The molecule has 2 rings (SSSR count). The fourth-order valence-electron chi connectivity index (χ4n) is 2.73. The monoisotopic (exact) mass is 436 g/mol. The topological polar surface area (TPSA) is 18.5 Å². The lowest BCUT2D eigenvalue weighted by Crippen LogP contribution is -2.65. The second kappa shape index (κ2) is 9.77. The lowest BCUT2D eigenvalue weighted by molar-refractivity contribution is -0.251. The van der Waals surface area contributed by atoms with Crippen LogP contribution in [-0.4, -0.2) is 40.0 Å². The van der Waals surface area contributed by atoms with Crippen molar-refractivity contribution in [2.45, 2.75) is 38.0 Å². The molecule has 0 aliphatic heterocycles. The Bertz CT molecular complexity index is 700. The highest BCUT2D eigenvalue weighted by atomic mass is 28.4. The third kappa shape index (κ3) is 5.83. The van der Waals surface area contributed by atoms with Crippen LogP contribution in [0.2, 0.25) is 0 Å². The van der Waals surface area contributed by atoms with E-state index in [-0.39, 0.29) is 6.61 Å². The van der Waals surface area contributed by atoms with E-state index >= 15 is 0 Å². The molecule has 0 fully saturated rings. The maximum Gasteiger partial charge on any atom is 0.425 e. The maximum atomic E-state index is 14.0. The second-order valence-corrected chi connectivity index (χ2v) is 9.47. The van der Waals surface area contributed by atoms with Crippen molar-refractivity contribution in [3.63, 3.8) is 0 Å². The molecular weight excluding hydrogens is 414 g/mol. The Morgan fingerprint density at radius 1 is 0.828 bits per heavy atom. The standard InChI is InChI=1S/C20H22F6O2Si/c1-2-3-14-27-29(16-10-6-4-7-11-16,17-12-8-5-9-13-17)28-15-19(22,23)18(21)20(24,25)26/h4-13,18H,2-3,14-15H2,1H3. The largest absolute Gasteiger partial charge is 0.425 e. The van der Waals surface area contributed by atoms with E-state index in [1.54, 1.807) is 60.7 Å². The van der Waals surface area contributed by atoms with Gasteiger partial charge in [-0.05, 0) is 16.8 Å². The summed E-state index contributed by atoms with van der Waals surface area (Å²) in [6.45, 7) is 0.315. The molecule has 0 aliphatic carbocycles. The highest BCUT2D eigenvalue weighted by molar-refractivity contribution is 6.92. The van der Waals surface area contributed by atoms with Crippen LogP contribution in [0.5, 0.6) is 0 Å². The minimum atomic E-state index is -5.69. The van der Waals surface area contributed by atoms with E-state index in [1.165, 1.54) is 0 Å². The molecule has 1 atom stereocenters. The van der Waals surface area contributed by atoms with Gasteiger partial charge in [-0.25, -0.2) is 13.2 Å². The summed E-state index contributed by atoms with van der Waals surface area (Å²) in [5, 5.41) is 0.890. The van der Waals surface area contributed by atoms with E-state index in [0.29, 0.717) is 16.8 Å². The van der Waals surface area contributed by atoms with Crippen LogP contribution in [0.4, 0.5) is 26.3 Å². The summed E-state index contributed by atoms with van der Waals surface area (Å²) in [5.74, 6) is -4.76. The smallest absolute Gasteiger partial charge is 0.388 e. The first-order valence-corrected chi connectivity index (χ1v) is 10.9. The lowest BCUT2D eigenvalue weighted by Gasteiger charge is -2.33. The molecule has 2 aromatic rings. The van der Waals surface area contributed by atoms with E-state index < -0.39 is 33.4 Å². The minimum absolute atomic E-state index is 0.163. The Hall–Kier alpha value is -1.84. The van der Waals surface area contributed by atoms with Crippen LogP contribution < -0.4 is 10.4 Å². The van der Waals surface area contributed by atoms with E-state index in [4.69, 9.17) is 8.85 Å². The van der Waals surface area contributed by atoms with Crippen LogP contribution in [0.25, 0.3) is 0 Å². The van der Waals surface area contributed by atoms with E-state index in [9.17, 15) is 26.3 Å². The minimum Gasteiger partial charge on any atom is -0.388 e. The average molecular weight is 436 g/mol. The van der Waals surface area contributed by atoms with Gasteiger partial charge in [0.2, 0.25) is 0 Å². The molecule has 0 saturated carbocycles. The molecule has 0 aliphatic rings. The molecule has 0 amide bonds. The molecule has 2 nitrogen and oxygen atoms in total. The second-order valence-electron chi connectivity index (χ2n) is 6.50. The Morgan fingerprint density at radius 2 is 1.31 bits per heavy atom. The summed E-state index contributed by atoms with van der Waals surface area (Å²) in [4.78, 5) is 0. The maximum absolute atomic E-state index is 14.0. The zero-order chi connectivity index (χ0) is 21.5. The van der Waals surface area contributed by atoms with Gasteiger partial charge in [0, 0.05) is 6.61 Å². The quantitative estimate of drug-likeness (QED) is 0.308. The molecule has 160 valence electrons. The number of unbranched alkanes of at least 4 members (excludes halogenated alkanes) is 1. The number of rotatable bonds is 10. The molecule has 0 radical (unpaired) electrons. The van der Waals surface area contributed by atoms with Crippen LogP contribution >= 0.6 is 0 Å². The summed E-state index contributed by atoms with van der Waals surface area (Å²) in [7, 11) is -3.81. The Morgan fingerprint density at radius 3 is 1.72 bits per heavy atom. The number of hydrogen-bond acceptors (Lipinski definition) is 2. The first kappa shape index (κ1) is 23.4. The fraction of sp³-hybridized carbons (Fsp3) is 0.400. The number of alkyl halides is 6. The summed E-state index contributed by atoms with van der Waals surface area (Å²) < 4.78 is 90.4. The van der Waals surface area contributed by atoms with Gasteiger partial charge in [0.25, 0.3) is 6.17 Å². The zero-order valence-corrected chi connectivity index (χ0v) is 16.8. The molecule has 0 aromatic heterocycles. The van der Waals surface area contributed by atoms with Gasteiger partial charge in [-0.1, -0.05) is 74.0 Å². The number of benzene rings is 2. The van der Waals surface area contributed by atoms with Crippen molar-refractivity contribution in [3.05, 3.63) is 60.7 Å². The molecule has 9 heteroatoms. The van der Waals surface area contributed by atoms with Gasteiger partial charge in [0.05, 0.1) is 0 Å². The lowest BCUT2D eigenvalue weighted by atomic mass is 10.2. The Balaban J connectivity index is 2.45. The van der Waals surface area contributed by atoms with Gasteiger partial charge in [-0.15, -0.1) is 0 Å². The summed E-state index contributed by atoms with van der Waals surface area (Å²) in [5.41, 5.74) is 0. The third-order valence-corrected chi connectivity index (χ3v) is 7.59. The number of halogens is 6. The summed E-state index contributed by atoms with van der Waals surface area (Å²) in [6.07, 6.45) is -8.67. The molecule has 0 N–H and O–H groups in total. The molecule has 0 spiro atoms. The van der Waals surface area contributed by atoms with Crippen molar-refractivity contribution >= 4 is 18.9 Å². The van der Waals surface area contributed by atoms with E-state index in [1.807, 2.05) is 6.92 Å². The molecule has 2 aromatic carbocycles. The van der Waals surface area contributed by atoms with Gasteiger partial charge >= 0.3 is 20.7 Å². The van der Waals surface area contributed by atoms with Gasteiger partial charge in [0.1, 0.15) is 6.61 Å². The van der Waals surface area contributed by atoms with Crippen molar-refractivity contribution in [3.8, 4) is 0 Å². The van der Waals surface area contributed by atoms with Crippen molar-refractivity contribution in [1.82, 2.24) is 0 Å². The first-order valence-electron chi connectivity index (χ1n) is 9.11. The molecule has 0 saturated heterocycles. The molecular formula is C20H22F6O2Si. The first-order chi connectivity index (χ1) is 13.6. The molecule has 0 bridgehead atoms. The summed E-state index contributed by atoms with van der Waals surface area (Å²) in [6, 6.07) is 16.5. The van der Waals surface area contributed by atoms with Crippen LogP contribution in [0.15, 0.2) is 60.7 Å². The average Bonchev–Trinajstić information content (AvgIpc) is 2.71. The predicted octanol–water partition coefficient (Wildman–Crippen LogP) is 4.61. The zero-order valence-electron chi connectivity index (χ0n) is 15.8. The highest BCUT2D eigenvalue weighted by Crippen LogP contribution is 2.35. The highest BCUT2D eigenvalue weighted by Gasteiger charge is 2.58. The molecule has 1 unspecified atom stereocenters. The predicted molar refractivity (Wildman–Crippen MR) is 101 cm³/mol. The van der Waals surface area contributed by atoms with Crippen molar-refractivity contribution in [1.29, 1.82) is 0 Å². The van der Waals surface area contributed by atoms with Crippen LogP contribution in [0.1, 0.15) is 19.8 Å². The van der Waals surface area contributed by atoms with Gasteiger partial charge in [-0.3, -0.25) is 0 Å². The van der Waals surface area contributed by atoms with Gasteiger partial charge in [-0.2, -0.15) is 13.2 Å². The third-order valence-electron chi connectivity index (χ3n) is 4.24. The van der Waals surface area contributed by atoms with Gasteiger partial charge < -0.3 is 8.85 Å². The number of hydrogen-bond donors (Lipinski definition) is 0. The van der Waals surface area contributed by atoms with Gasteiger partial charge in [0.15, 0.2) is 0 Å². The Kier molecular flexibility index (Phi) is 7.90. The summed E-state index contributed by atoms with van der Waals surface area (Å²) >= 11 is 0. The van der Waals surface area contributed by atoms with Crippen molar-refractivity contribution in [2.75, 3.05) is 13.2 Å². The SMILES string of the molecule is CCCCO[Si](OCC(F)(F)C(F)C(F)(F)F)(c1ccccc1)c1ccccc1.